The summed E-state index contributed by atoms with van der Waals surface area (Å²) in [7, 11) is 0. The Morgan fingerprint density at radius 3 is 2.67 bits per heavy atom. The molecule has 0 saturated carbocycles. The molecule has 0 fully saturated rings. The number of unbranched alkanes of at least 4 members (excludes halogenated alkanes) is 1. The van der Waals surface area contributed by atoms with Gasteiger partial charge >= 0.3 is 0 Å². The molecule has 0 saturated heterocycles. The average Bonchev–Trinajstić information content (AvgIpc) is 2.25. The van der Waals surface area contributed by atoms with Gasteiger partial charge in [-0.2, -0.15) is 0 Å². The molecule has 1 aromatic rings. The largest absolute Gasteiger partial charge is 0.310 e. The summed E-state index contributed by atoms with van der Waals surface area (Å²) < 4.78 is 0. The highest BCUT2D eigenvalue weighted by molar-refractivity contribution is 5.17. The van der Waals surface area contributed by atoms with Crippen molar-refractivity contribution in [1.82, 2.24) is 10.3 Å². The number of rotatable bonds is 6. The maximum absolute atomic E-state index is 4.35. The third-order valence-electron chi connectivity index (χ3n) is 2.63. The van der Waals surface area contributed by atoms with Crippen LogP contribution in [0.3, 0.4) is 0 Å². The van der Waals surface area contributed by atoms with E-state index in [-0.39, 0.29) is 0 Å². The summed E-state index contributed by atoms with van der Waals surface area (Å²) in [5.74, 6) is 0. The summed E-state index contributed by atoms with van der Waals surface area (Å²) in [5.41, 5.74) is 2.40. The van der Waals surface area contributed by atoms with Crippen molar-refractivity contribution in [1.29, 1.82) is 0 Å². The minimum Gasteiger partial charge on any atom is -0.310 e. The van der Waals surface area contributed by atoms with Gasteiger partial charge in [0.15, 0.2) is 0 Å². The molecule has 15 heavy (non-hydrogen) atoms. The van der Waals surface area contributed by atoms with Crippen LogP contribution in [-0.2, 0) is 0 Å². The lowest BCUT2D eigenvalue weighted by molar-refractivity contribution is 0.493. The molecule has 1 rings (SSSR count). The van der Waals surface area contributed by atoms with Crippen LogP contribution in [0.4, 0.5) is 0 Å². The van der Waals surface area contributed by atoms with Gasteiger partial charge < -0.3 is 5.32 Å². The molecule has 2 nitrogen and oxygen atoms in total. The number of aromatic nitrogens is 1. The van der Waals surface area contributed by atoms with E-state index in [0.717, 1.165) is 12.2 Å². The first-order valence-corrected chi connectivity index (χ1v) is 5.93. The van der Waals surface area contributed by atoms with E-state index in [2.05, 4.69) is 36.3 Å². The van der Waals surface area contributed by atoms with E-state index in [0.29, 0.717) is 6.04 Å². The standard InChI is InChI=1S/C13H22N2/c1-4-6-7-13(14-5-2)12-9-8-11(3)15-10-12/h8-10,13-14H,4-7H2,1-3H3. The van der Waals surface area contributed by atoms with E-state index in [1.165, 1.54) is 24.8 Å². The van der Waals surface area contributed by atoms with Gasteiger partial charge in [0.1, 0.15) is 0 Å². The van der Waals surface area contributed by atoms with Gasteiger partial charge in [0, 0.05) is 17.9 Å². The Morgan fingerprint density at radius 1 is 1.33 bits per heavy atom. The Labute approximate surface area is 93.1 Å². The molecule has 84 valence electrons. The lowest BCUT2D eigenvalue weighted by Gasteiger charge is -2.17. The smallest absolute Gasteiger partial charge is 0.0372 e. The summed E-state index contributed by atoms with van der Waals surface area (Å²) in [6.45, 7) is 7.43. The second kappa shape index (κ2) is 6.57. The molecule has 1 atom stereocenters. The molecule has 0 aliphatic carbocycles. The zero-order chi connectivity index (χ0) is 11.1. The predicted octanol–water partition coefficient (Wildman–Crippen LogP) is 3.23. The Hall–Kier alpha value is -0.890. The van der Waals surface area contributed by atoms with Crippen molar-refractivity contribution in [3.8, 4) is 0 Å². The first kappa shape index (κ1) is 12.2. The summed E-state index contributed by atoms with van der Waals surface area (Å²) in [6, 6.07) is 4.75. The fraction of sp³-hybridized carbons (Fsp3) is 0.615. The average molecular weight is 206 g/mol. The Morgan fingerprint density at radius 2 is 2.13 bits per heavy atom. The molecule has 1 heterocycles. The summed E-state index contributed by atoms with van der Waals surface area (Å²) in [5, 5.41) is 3.51. The van der Waals surface area contributed by atoms with Crippen molar-refractivity contribution < 1.29 is 0 Å². The molecule has 0 aliphatic rings. The highest BCUT2D eigenvalue weighted by Gasteiger charge is 2.09. The van der Waals surface area contributed by atoms with Crippen LogP contribution in [0.2, 0.25) is 0 Å². The van der Waals surface area contributed by atoms with Crippen LogP contribution in [0.15, 0.2) is 18.3 Å². The lowest BCUT2D eigenvalue weighted by Crippen LogP contribution is -2.21. The number of nitrogens with one attached hydrogen (secondary N) is 1. The van der Waals surface area contributed by atoms with E-state index in [1.807, 2.05) is 13.1 Å². The molecule has 0 aliphatic heterocycles. The molecule has 0 bridgehead atoms. The fourth-order valence-corrected chi connectivity index (χ4v) is 1.73. The van der Waals surface area contributed by atoms with Crippen molar-refractivity contribution in [2.75, 3.05) is 6.54 Å². The number of aryl methyl sites for hydroxylation is 1. The first-order valence-electron chi connectivity index (χ1n) is 5.93. The molecular weight excluding hydrogens is 184 g/mol. The molecule has 0 amide bonds. The number of pyridine rings is 1. The van der Waals surface area contributed by atoms with Crippen LogP contribution < -0.4 is 5.32 Å². The number of nitrogens with zero attached hydrogens (tertiary/aromatic N) is 1. The van der Waals surface area contributed by atoms with Gasteiger partial charge in [-0.15, -0.1) is 0 Å². The highest BCUT2D eigenvalue weighted by atomic mass is 14.9. The Kier molecular flexibility index (Phi) is 5.33. The molecule has 2 heteroatoms. The van der Waals surface area contributed by atoms with Crippen LogP contribution in [0.5, 0.6) is 0 Å². The third kappa shape index (κ3) is 4.00. The topological polar surface area (TPSA) is 24.9 Å². The SMILES string of the molecule is CCCCC(NCC)c1ccc(C)nc1. The number of hydrogen-bond donors (Lipinski definition) is 1. The van der Waals surface area contributed by atoms with E-state index in [9.17, 15) is 0 Å². The van der Waals surface area contributed by atoms with Gasteiger partial charge in [-0.25, -0.2) is 0 Å². The zero-order valence-electron chi connectivity index (χ0n) is 10.1. The van der Waals surface area contributed by atoms with Crippen molar-refractivity contribution in [2.45, 2.75) is 46.1 Å². The normalized spacial score (nSPS) is 12.7. The van der Waals surface area contributed by atoms with E-state index < -0.39 is 0 Å². The van der Waals surface area contributed by atoms with Crippen molar-refractivity contribution >= 4 is 0 Å². The third-order valence-corrected chi connectivity index (χ3v) is 2.63. The number of hydrogen-bond acceptors (Lipinski definition) is 2. The van der Waals surface area contributed by atoms with Crippen molar-refractivity contribution in [2.24, 2.45) is 0 Å². The predicted molar refractivity (Wildman–Crippen MR) is 64.9 cm³/mol. The molecule has 1 aromatic heterocycles. The van der Waals surface area contributed by atoms with E-state index >= 15 is 0 Å². The van der Waals surface area contributed by atoms with Crippen molar-refractivity contribution in [3.05, 3.63) is 29.6 Å². The van der Waals surface area contributed by atoms with Crippen LogP contribution in [0.1, 0.15) is 50.4 Å². The van der Waals surface area contributed by atoms with Gasteiger partial charge in [-0.3, -0.25) is 4.98 Å². The van der Waals surface area contributed by atoms with Crippen LogP contribution in [0.25, 0.3) is 0 Å². The highest BCUT2D eigenvalue weighted by Crippen LogP contribution is 2.18. The van der Waals surface area contributed by atoms with E-state index in [4.69, 9.17) is 0 Å². The van der Waals surface area contributed by atoms with Gasteiger partial charge in [0.25, 0.3) is 0 Å². The van der Waals surface area contributed by atoms with E-state index in [1.54, 1.807) is 0 Å². The maximum atomic E-state index is 4.35. The van der Waals surface area contributed by atoms with Crippen LogP contribution in [-0.4, -0.2) is 11.5 Å². The molecule has 0 aromatic carbocycles. The second-order valence-corrected chi connectivity index (χ2v) is 3.99. The van der Waals surface area contributed by atoms with Gasteiger partial charge in [0.05, 0.1) is 0 Å². The molecule has 1 N–H and O–H groups in total. The lowest BCUT2D eigenvalue weighted by atomic mass is 10.0. The minimum atomic E-state index is 0.475. The van der Waals surface area contributed by atoms with Crippen molar-refractivity contribution in [3.63, 3.8) is 0 Å². The Bertz CT molecular complexity index is 266. The summed E-state index contributed by atoms with van der Waals surface area (Å²) in [6.07, 6.45) is 5.72. The zero-order valence-corrected chi connectivity index (χ0v) is 10.1. The van der Waals surface area contributed by atoms with Gasteiger partial charge in [-0.1, -0.05) is 32.8 Å². The first-order chi connectivity index (χ1) is 7.27. The monoisotopic (exact) mass is 206 g/mol. The molecule has 1 unspecified atom stereocenters. The fourth-order valence-electron chi connectivity index (χ4n) is 1.73. The summed E-state index contributed by atoms with van der Waals surface area (Å²) >= 11 is 0. The molecule has 0 radical (unpaired) electrons. The quantitative estimate of drug-likeness (QED) is 0.773. The maximum Gasteiger partial charge on any atom is 0.0372 e. The van der Waals surface area contributed by atoms with Gasteiger partial charge in [0.2, 0.25) is 0 Å². The summed E-state index contributed by atoms with van der Waals surface area (Å²) in [4.78, 5) is 4.35. The van der Waals surface area contributed by atoms with Gasteiger partial charge in [-0.05, 0) is 31.5 Å². The van der Waals surface area contributed by atoms with Crippen LogP contribution >= 0.6 is 0 Å². The Balaban J connectivity index is 2.65. The second-order valence-electron chi connectivity index (χ2n) is 3.99. The molecular formula is C13H22N2. The van der Waals surface area contributed by atoms with Crippen LogP contribution in [0, 0.1) is 6.92 Å². The minimum absolute atomic E-state index is 0.475. The molecule has 0 spiro atoms.